The molecule has 2 rings (SSSR count). The first kappa shape index (κ1) is 14.1. The number of hydrogen-bond donors (Lipinski definition) is 1. The second-order valence-corrected chi connectivity index (χ2v) is 4.18. The Morgan fingerprint density at radius 2 is 2.05 bits per heavy atom. The first-order valence-corrected chi connectivity index (χ1v) is 5.62. The van der Waals surface area contributed by atoms with Gasteiger partial charge in [0.2, 0.25) is 5.95 Å². The van der Waals surface area contributed by atoms with Crippen molar-refractivity contribution in [3.8, 4) is 0 Å². The second kappa shape index (κ2) is 4.99. The van der Waals surface area contributed by atoms with Gasteiger partial charge < -0.3 is 18.7 Å². The third kappa shape index (κ3) is 2.98. The van der Waals surface area contributed by atoms with Gasteiger partial charge in [-0.25, -0.2) is 14.1 Å². The monoisotopic (exact) mass is 285 g/mol. The molecule has 0 radical (unpaired) electrons. The van der Waals surface area contributed by atoms with Gasteiger partial charge in [-0.1, -0.05) is 17.6 Å². The van der Waals surface area contributed by atoms with E-state index in [4.69, 9.17) is 5.73 Å². The minimum absolute atomic E-state index is 0.0555. The molecule has 0 unspecified atom stereocenters. The minimum atomic E-state index is -5.33. The number of hydrogen-bond acceptors (Lipinski definition) is 3. The number of nitrogens with two attached hydrogens (primary N) is 1. The number of aryl methyl sites for hydroxylation is 1. The van der Waals surface area contributed by atoms with Gasteiger partial charge in [0.1, 0.15) is 5.82 Å². The molecule has 4 nitrogen and oxygen atoms in total. The summed E-state index contributed by atoms with van der Waals surface area (Å²) in [4.78, 5) is 3.86. The average molecular weight is 285 g/mol. The lowest BCUT2D eigenvalue weighted by molar-refractivity contribution is 0.500. The van der Waals surface area contributed by atoms with Gasteiger partial charge in [0.05, 0.1) is 18.1 Å². The zero-order chi connectivity index (χ0) is 14.9. The van der Waals surface area contributed by atoms with Crippen LogP contribution in [0.2, 0.25) is 0 Å². The van der Waals surface area contributed by atoms with Crippen LogP contribution in [0.15, 0.2) is 29.5 Å². The Kier molecular flexibility index (Phi) is 3.52. The molecule has 0 aliphatic heterocycles. The lowest BCUT2D eigenvalue weighted by Crippen LogP contribution is -2.37. The smallest absolute Gasteiger partial charge is 0.445 e. The molecule has 0 atom stereocenters. The molecule has 0 bridgehead atoms. The SMILES string of the molecule is Cc1cn(N=Cc2ccc(F)cc2[B-](F)(F)F)c(N)n1. The fourth-order valence-corrected chi connectivity index (χ4v) is 1.67. The van der Waals surface area contributed by atoms with Crippen molar-refractivity contribution in [1.29, 1.82) is 0 Å². The zero-order valence-corrected chi connectivity index (χ0v) is 10.4. The molecule has 0 saturated heterocycles. The van der Waals surface area contributed by atoms with E-state index < -0.39 is 18.3 Å². The maximum absolute atomic E-state index is 12.9. The molecule has 1 heterocycles. The number of halogens is 4. The van der Waals surface area contributed by atoms with Crippen molar-refractivity contribution in [2.45, 2.75) is 6.92 Å². The van der Waals surface area contributed by atoms with E-state index in [2.05, 4.69) is 10.1 Å². The Bertz CT molecular complexity index is 663. The van der Waals surface area contributed by atoms with Crippen molar-refractivity contribution in [1.82, 2.24) is 9.66 Å². The van der Waals surface area contributed by atoms with Crippen molar-refractivity contribution in [3.63, 3.8) is 0 Å². The van der Waals surface area contributed by atoms with Gasteiger partial charge in [-0.3, -0.25) is 0 Å². The van der Waals surface area contributed by atoms with Crippen LogP contribution in [0, 0.1) is 12.7 Å². The third-order valence-corrected chi connectivity index (χ3v) is 2.56. The molecule has 106 valence electrons. The summed E-state index contributed by atoms with van der Waals surface area (Å²) in [5.74, 6) is -0.894. The Morgan fingerprint density at radius 1 is 1.35 bits per heavy atom. The number of aromatic nitrogens is 2. The van der Waals surface area contributed by atoms with Crippen LogP contribution in [0.4, 0.5) is 23.3 Å². The average Bonchev–Trinajstić information content (AvgIpc) is 2.65. The Morgan fingerprint density at radius 3 is 2.60 bits per heavy atom. The van der Waals surface area contributed by atoms with Crippen molar-refractivity contribution >= 4 is 24.6 Å². The molecule has 1 aromatic heterocycles. The number of nitrogens with zero attached hydrogens (tertiary/aromatic N) is 3. The molecule has 9 heteroatoms. The van der Waals surface area contributed by atoms with Crippen molar-refractivity contribution in [2.75, 3.05) is 5.73 Å². The number of rotatable bonds is 3. The van der Waals surface area contributed by atoms with Gasteiger partial charge in [0.25, 0.3) is 0 Å². The molecule has 2 aromatic rings. The number of benzene rings is 1. The molecule has 0 aliphatic rings. The molecular formula is C11H10BF4N4-. The highest BCUT2D eigenvalue weighted by atomic mass is 19.4. The zero-order valence-electron chi connectivity index (χ0n) is 10.4. The van der Waals surface area contributed by atoms with E-state index in [-0.39, 0.29) is 11.5 Å². The third-order valence-electron chi connectivity index (χ3n) is 2.56. The Balaban J connectivity index is 2.41. The summed E-state index contributed by atoms with van der Waals surface area (Å²) in [7, 11) is 0. The van der Waals surface area contributed by atoms with E-state index in [1.807, 2.05) is 0 Å². The van der Waals surface area contributed by atoms with Crippen LogP contribution in [-0.2, 0) is 0 Å². The van der Waals surface area contributed by atoms with E-state index in [1.165, 1.54) is 6.20 Å². The van der Waals surface area contributed by atoms with Crippen LogP contribution in [0.1, 0.15) is 11.3 Å². The fourth-order valence-electron chi connectivity index (χ4n) is 1.67. The molecule has 0 fully saturated rings. The van der Waals surface area contributed by atoms with Gasteiger partial charge in [-0.05, 0) is 18.6 Å². The predicted octanol–water partition coefficient (Wildman–Crippen LogP) is 1.85. The van der Waals surface area contributed by atoms with E-state index in [9.17, 15) is 17.3 Å². The topological polar surface area (TPSA) is 56.2 Å². The summed E-state index contributed by atoms with van der Waals surface area (Å²) in [5.41, 5.74) is 4.83. The molecule has 1 aromatic carbocycles. The summed E-state index contributed by atoms with van der Waals surface area (Å²) >= 11 is 0. The van der Waals surface area contributed by atoms with Gasteiger partial charge in [-0.2, -0.15) is 5.10 Å². The Hall–Kier alpha value is -2.32. The highest BCUT2D eigenvalue weighted by Crippen LogP contribution is 2.13. The summed E-state index contributed by atoms with van der Waals surface area (Å²) < 4.78 is 52.6. The van der Waals surface area contributed by atoms with E-state index >= 15 is 0 Å². The van der Waals surface area contributed by atoms with Crippen LogP contribution in [0.3, 0.4) is 0 Å². The van der Waals surface area contributed by atoms with E-state index in [0.29, 0.717) is 11.8 Å². The highest BCUT2D eigenvalue weighted by molar-refractivity contribution is 6.74. The van der Waals surface area contributed by atoms with Crippen LogP contribution < -0.4 is 11.2 Å². The largest absolute Gasteiger partial charge is 0.510 e. The van der Waals surface area contributed by atoms with Gasteiger partial charge in [0.15, 0.2) is 0 Å². The molecule has 0 saturated carbocycles. The van der Waals surface area contributed by atoms with Gasteiger partial charge in [0, 0.05) is 0 Å². The molecule has 2 N–H and O–H groups in total. The van der Waals surface area contributed by atoms with Crippen molar-refractivity contribution in [2.24, 2.45) is 5.10 Å². The van der Waals surface area contributed by atoms with Crippen LogP contribution in [0.5, 0.6) is 0 Å². The lowest BCUT2D eigenvalue weighted by atomic mass is 9.77. The van der Waals surface area contributed by atoms with Crippen LogP contribution in [-0.4, -0.2) is 22.9 Å². The van der Waals surface area contributed by atoms with Gasteiger partial charge >= 0.3 is 6.98 Å². The number of imidazole rings is 1. The van der Waals surface area contributed by atoms with Crippen LogP contribution >= 0.6 is 0 Å². The maximum Gasteiger partial charge on any atom is 0.510 e. The highest BCUT2D eigenvalue weighted by Gasteiger charge is 2.28. The molecular weight excluding hydrogens is 275 g/mol. The summed E-state index contributed by atoms with van der Waals surface area (Å²) in [5, 5.41) is 3.79. The summed E-state index contributed by atoms with van der Waals surface area (Å²) in [6, 6.07) is 2.41. The lowest BCUT2D eigenvalue weighted by Gasteiger charge is -2.17. The minimum Gasteiger partial charge on any atom is -0.445 e. The first-order valence-electron chi connectivity index (χ1n) is 5.62. The number of anilines is 1. The molecule has 0 spiro atoms. The second-order valence-electron chi connectivity index (χ2n) is 4.18. The summed E-state index contributed by atoms with van der Waals surface area (Å²) in [6.07, 6.45) is 2.44. The standard InChI is InChI=1S/C11H10BF4N4/c1-7-6-20(11(17)19-7)18-5-8-2-3-9(13)4-10(8)12(14,15)16/h2-6H,1H3,(H2,17,19)/q-1. The van der Waals surface area contributed by atoms with Crippen LogP contribution in [0.25, 0.3) is 0 Å². The fraction of sp³-hybridized carbons (Fsp3) is 0.0909. The van der Waals surface area contributed by atoms with E-state index in [0.717, 1.165) is 23.0 Å². The molecule has 0 aliphatic carbocycles. The summed E-state index contributed by atoms with van der Waals surface area (Å²) in [6.45, 7) is -3.66. The van der Waals surface area contributed by atoms with Gasteiger partial charge in [-0.15, -0.1) is 0 Å². The number of nitrogen functional groups attached to an aromatic ring is 1. The maximum atomic E-state index is 12.9. The quantitative estimate of drug-likeness (QED) is 0.531. The molecule has 0 amide bonds. The van der Waals surface area contributed by atoms with Crippen molar-refractivity contribution < 1.29 is 17.3 Å². The van der Waals surface area contributed by atoms with E-state index in [1.54, 1.807) is 6.92 Å². The predicted molar refractivity (Wildman–Crippen MR) is 69.5 cm³/mol. The first-order chi connectivity index (χ1) is 9.27. The van der Waals surface area contributed by atoms with Crippen molar-refractivity contribution in [3.05, 3.63) is 41.5 Å². The Labute approximate surface area is 112 Å². The molecule has 20 heavy (non-hydrogen) atoms. The normalized spacial score (nSPS) is 12.2.